The zero-order valence-electron chi connectivity index (χ0n) is 10.9. The van der Waals surface area contributed by atoms with Crippen molar-refractivity contribution in [3.8, 4) is 0 Å². The Kier molecular flexibility index (Phi) is 3.17. The topological polar surface area (TPSA) is 37.8 Å². The molecule has 1 atom stereocenters. The highest BCUT2D eigenvalue weighted by Crippen LogP contribution is 2.28. The number of hydrogen-bond acceptors (Lipinski definition) is 4. The predicted molar refractivity (Wildman–Crippen MR) is 80.6 cm³/mol. The molecule has 1 aromatic carbocycles. The second kappa shape index (κ2) is 4.97. The van der Waals surface area contributed by atoms with Gasteiger partial charge in [0.15, 0.2) is 0 Å². The Bertz CT molecular complexity index is 672. The molecule has 2 aromatic heterocycles. The lowest BCUT2D eigenvalue weighted by molar-refractivity contribution is 0.870. The summed E-state index contributed by atoms with van der Waals surface area (Å²) in [5.41, 5.74) is 3.33. The van der Waals surface area contributed by atoms with Crippen molar-refractivity contribution in [1.29, 1.82) is 0 Å². The molecule has 0 aliphatic rings. The van der Waals surface area contributed by atoms with Crippen molar-refractivity contribution in [2.75, 3.05) is 5.32 Å². The minimum absolute atomic E-state index is 0.181. The van der Waals surface area contributed by atoms with E-state index in [1.165, 1.54) is 10.3 Å². The molecule has 19 heavy (non-hydrogen) atoms. The quantitative estimate of drug-likeness (QED) is 0.775. The summed E-state index contributed by atoms with van der Waals surface area (Å²) in [7, 11) is 0. The van der Waals surface area contributed by atoms with Crippen LogP contribution in [0.15, 0.2) is 42.7 Å². The molecule has 96 valence electrons. The van der Waals surface area contributed by atoms with Crippen LogP contribution in [-0.2, 0) is 0 Å². The fraction of sp³-hybridized carbons (Fsp3) is 0.200. The molecule has 2 heterocycles. The Hall–Kier alpha value is -1.94. The van der Waals surface area contributed by atoms with Gasteiger partial charge in [0, 0.05) is 6.20 Å². The number of nitrogens with one attached hydrogen (secondary N) is 1. The van der Waals surface area contributed by atoms with Crippen molar-refractivity contribution < 1.29 is 0 Å². The van der Waals surface area contributed by atoms with E-state index >= 15 is 0 Å². The average molecular weight is 269 g/mol. The van der Waals surface area contributed by atoms with E-state index in [-0.39, 0.29) is 6.04 Å². The fourth-order valence-corrected chi connectivity index (χ4v) is 2.96. The van der Waals surface area contributed by atoms with Gasteiger partial charge in [-0.05, 0) is 37.6 Å². The van der Waals surface area contributed by atoms with Crippen LogP contribution >= 0.6 is 11.3 Å². The highest BCUT2D eigenvalue weighted by molar-refractivity contribution is 7.18. The zero-order chi connectivity index (χ0) is 13.2. The van der Waals surface area contributed by atoms with Crippen molar-refractivity contribution in [3.63, 3.8) is 0 Å². The number of para-hydroxylation sites is 1. The SMILES string of the molecule is Cc1ccncc1NC(C)c1nc2ccccc2s1. The van der Waals surface area contributed by atoms with Gasteiger partial charge in [0.2, 0.25) is 0 Å². The van der Waals surface area contributed by atoms with Gasteiger partial charge in [0.1, 0.15) is 5.01 Å². The van der Waals surface area contributed by atoms with Crippen LogP contribution in [0.1, 0.15) is 23.5 Å². The number of anilines is 1. The van der Waals surface area contributed by atoms with Crippen LogP contribution in [0.4, 0.5) is 5.69 Å². The predicted octanol–water partition coefficient (Wildman–Crippen LogP) is 4.17. The fourth-order valence-electron chi connectivity index (χ4n) is 1.99. The number of aryl methyl sites for hydroxylation is 1. The van der Waals surface area contributed by atoms with E-state index in [1.54, 1.807) is 11.3 Å². The third-order valence-corrected chi connectivity index (χ3v) is 4.31. The summed E-state index contributed by atoms with van der Waals surface area (Å²) < 4.78 is 1.23. The first-order chi connectivity index (χ1) is 9.24. The smallest absolute Gasteiger partial charge is 0.116 e. The number of fused-ring (bicyclic) bond motifs is 1. The molecule has 0 radical (unpaired) electrons. The molecule has 0 aliphatic carbocycles. The average Bonchev–Trinajstić information content (AvgIpc) is 2.85. The van der Waals surface area contributed by atoms with E-state index in [0.717, 1.165) is 16.2 Å². The van der Waals surface area contributed by atoms with Gasteiger partial charge in [-0.3, -0.25) is 4.98 Å². The Morgan fingerprint density at radius 3 is 2.84 bits per heavy atom. The normalized spacial score (nSPS) is 12.5. The number of aromatic nitrogens is 2. The molecule has 0 aliphatic heterocycles. The monoisotopic (exact) mass is 269 g/mol. The number of pyridine rings is 1. The molecule has 4 heteroatoms. The third kappa shape index (κ3) is 2.44. The minimum Gasteiger partial charge on any atom is -0.375 e. The van der Waals surface area contributed by atoms with E-state index in [0.29, 0.717) is 0 Å². The van der Waals surface area contributed by atoms with E-state index in [4.69, 9.17) is 0 Å². The molecule has 3 rings (SSSR count). The molecule has 1 unspecified atom stereocenters. The summed E-state index contributed by atoms with van der Waals surface area (Å²) >= 11 is 1.74. The van der Waals surface area contributed by atoms with Gasteiger partial charge < -0.3 is 5.32 Å². The Balaban J connectivity index is 1.87. The van der Waals surface area contributed by atoms with Crippen LogP contribution in [0.3, 0.4) is 0 Å². The Labute approximate surface area is 116 Å². The van der Waals surface area contributed by atoms with Gasteiger partial charge in [0.25, 0.3) is 0 Å². The summed E-state index contributed by atoms with van der Waals surface area (Å²) in [5, 5.41) is 4.57. The molecule has 0 saturated carbocycles. The van der Waals surface area contributed by atoms with Gasteiger partial charge in [-0.1, -0.05) is 12.1 Å². The highest BCUT2D eigenvalue weighted by atomic mass is 32.1. The van der Waals surface area contributed by atoms with Crippen LogP contribution < -0.4 is 5.32 Å². The van der Waals surface area contributed by atoms with Crippen LogP contribution in [0.25, 0.3) is 10.2 Å². The maximum Gasteiger partial charge on any atom is 0.116 e. The van der Waals surface area contributed by atoms with Gasteiger partial charge in [-0.25, -0.2) is 4.98 Å². The molecule has 0 fully saturated rings. The molecule has 0 saturated heterocycles. The lowest BCUT2D eigenvalue weighted by atomic mass is 10.2. The zero-order valence-corrected chi connectivity index (χ0v) is 11.7. The molecular weight excluding hydrogens is 254 g/mol. The lowest BCUT2D eigenvalue weighted by Gasteiger charge is -2.14. The van der Waals surface area contributed by atoms with Gasteiger partial charge in [-0.15, -0.1) is 11.3 Å². The van der Waals surface area contributed by atoms with Crippen LogP contribution in [0.2, 0.25) is 0 Å². The van der Waals surface area contributed by atoms with Crippen LogP contribution in [-0.4, -0.2) is 9.97 Å². The molecule has 0 bridgehead atoms. The lowest BCUT2D eigenvalue weighted by Crippen LogP contribution is -2.07. The number of rotatable bonds is 3. The van der Waals surface area contributed by atoms with E-state index in [1.807, 2.05) is 30.6 Å². The third-order valence-electron chi connectivity index (χ3n) is 3.09. The van der Waals surface area contributed by atoms with Gasteiger partial charge >= 0.3 is 0 Å². The summed E-state index contributed by atoms with van der Waals surface area (Å²) in [5.74, 6) is 0. The van der Waals surface area contributed by atoms with Crippen molar-refractivity contribution in [2.45, 2.75) is 19.9 Å². The summed E-state index contributed by atoms with van der Waals surface area (Å²) in [4.78, 5) is 8.83. The second-order valence-electron chi connectivity index (χ2n) is 4.58. The minimum atomic E-state index is 0.181. The molecule has 3 nitrogen and oxygen atoms in total. The maximum absolute atomic E-state index is 4.67. The van der Waals surface area contributed by atoms with E-state index in [9.17, 15) is 0 Å². The Morgan fingerprint density at radius 1 is 1.21 bits per heavy atom. The largest absolute Gasteiger partial charge is 0.375 e. The van der Waals surface area contributed by atoms with Crippen molar-refractivity contribution in [3.05, 3.63) is 53.3 Å². The molecular formula is C15H15N3S. The van der Waals surface area contributed by atoms with Crippen LogP contribution in [0.5, 0.6) is 0 Å². The summed E-state index contributed by atoms with van der Waals surface area (Å²) in [6.45, 7) is 4.21. The second-order valence-corrected chi connectivity index (χ2v) is 5.64. The van der Waals surface area contributed by atoms with Gasteiger partial charge in [0.05, 0.1) is 28.1 Å². The molecule has 0 spiro atoms. The van der Waals surface area contributed by atoms with Crippen molar-refractivity contribution >= 4 is 27.2 Å². The summed E-state index contributed by atoms with van der Waals surface area (Å²) in [6, 6.07) is 10.4. The first-order valence-corrected chi connectivity index (χ1v) is 7.08. The highest BCUT2D eigenvalue weighted by Gasteiger charge is 2.12. The maximum atomic E-state index is 4.67. The van der Waals surface area contributed by atoms with Crippen molar-refractivity contribution in [1.82, 2.24) is 9.97 Å². The number of hydrogen-bond donors (Lipinski definition) is 1. The number of thiazole rings is 1. The van der Waals surface area contributed by atoms with Crippen molar-refractivity contribution in [2.24, 2.45) is 0 Å². The number of benzene rings is 1. The molecule has 0 amide bonds. The molecule has 3 aromatic rings. The van der Waals surface area contributed by atoms with Crippen LogP contribution in [0, 0.1) is 6.92 Å². The first kappa shape index (κ1) is 12.1. The Morgan fingerprint density at radius 2 is 2.05 bits per heavy atom. The standard InChI is InChI=1S/C15H15N3S/c1-10-7-8-16-9-13(10)17-11(2)15-18-12-5-3-4-6-14(12)19-15/h3-9,11,17H,1-2H3. The first-order valence-electron chi connectivity index (χ1n) is 6.26. The molecule has 1 N–H and O–H groups in total. The van der Waals surface area contributed by atoms with E-state index in [2.05, 4.69) is 41.3 Å². The van der Waals surface area contributed by atoms with E-state index < -0.39 is 0 Å². The number of nitrogens with zero attached hydrogens (tertiary/aromatic N) is 2. The summed E-state index contributed by atoms with van der Waals surface area (Å²) in [6.07, 6.45) is 3.67. The van der Waals surface area contributed by atoms with Gasteiger partial charge in [-0.2, -0.15) is 0 Å².